The van der Waals surface area contributed by atoms with Gasteiger partial charge in [0, 0.05) is 42.2 Å². The number of nitrogens with one attached hydrogen (secondary N) is 2. The number of amides is 3. The first kappa shape index (κ1) is 29.7. The first-order chi connectivity index (χ1) is 20.8. The third-order valence-electron chi connectivity index (χ3n) is 10.1. The summed E-state index contributed by atoms with van der Waals surface area (Å²) in [6.07, 6.45) is 8.96. The molecule has 1 heterocycles. The van der Waals surface area contributed by atoms with Gasteiger partial charge in [0.2, 0.25) is 11.8 Å². The molecule has 3 saturated carbocycles. The van der Waals surface area contributed by atoms with Crippen LogP contribution < -0.4 is 20.3 Å². The smallest absolute Gasteiger partial charge is 0.251 e. The van der Waals surface area contributed by atoms with Crippen molar-refractivity contribution in [3.8, 4) is 5.75 Å². The summed E-state index contributed by atoms with van der Waals surface area (Å²) in [5.74, 6) is 1.19. The zero-order valence-electron chi connectivity index (χ0n) is 25.2. The van der Waals surface area contributed by atoms with Crippen LogP contribution in [0.3, 0.4) is 0 Å². The fraction of sp³-hybridized carbons (Fsp3) is 0.571. The van der Waals surface area contributed by atoms with Crippen molar-refractivity contribution in [2.24, 2.45) is 17.8 Å². The van der Waals surface area contributed by atoms with Gasteiger partial charge in [-0.3, -0.25) is 14.4 Å². The highest BCUT2D eigenvalue weighted by atomic mass is 16.5. The Morgan fingerprint density at radius 2 is 1.86 bits per heavy atom. The van der Waals surface area contributed by atoms with Gasteiger partial charge in [0.15, 0.2) is 0 Å². The van der Waals surface area contributed by atoms with Gasteiger partial charge in [-0.2, -0.15) is 0 Å². The van der Waals surface area contributed by atoms with Crippen molar-refractivity contribution >= 4 is 23.4 Å². The zero-order chi connectivity index (χ0) is 29.9. The fourth-order valence-electron chi connectivity index (χ4n) is 7.32. The predicted molar refractivity (Wildman–Crippen MR) is 165 cm³/mol. The molecule has 6 atom stereocenters. The number of fused-ring (bicyclic) bond motifs is 2. The molecule has 2 aromatic rings. The minimum Gasteiger partial charge on any atom is -0.490 e. The van der Waals surface area contributed by atoms with Gasteiger partial charge in [0.1, 0.15) is 5.75 Å². The van der Waals surface area contributed by atoms with Gasteiger partial charge in [0.05, 0.1) is 18.2 Å². The summed E-state index contributed by atoms with van der Waals surface area (Å²) in [6.45, 7) is 2.47. The Hall–Kier alpha value is -3.39. The zero-order valence-corrected chi connectivity index (χ0v) is 25.2. The summed E-state index contributed by atoms with van der Waals surface area (Å²) < 4.78 is 6.16. The summed E-state index contributed by atoms with van der Waals surface area (Å²) in [4.78, 5) is 41.2. The van der Waals surface area contributed by atoms with Gasteiger partial charge < -0.3 is 25.4 Å². The van der Waals surface area contributed by atoms with Crippen LogP contribution in [0.4, 0.5) is 5.69 Å². The van der Waals surface area contributed by atoms with Gasteiger partial charge in [0.25, 0.3) is 5.91 Å². The Balaban J connectivity index is 1.17. The second kappa shape index (κ2) is 13.1. The Kier molecular flexibility index (Phi) is 9.03. The lowest BCUT2D eigenvalue weighted by molar-refractivity contribution is -0.126. The molecular formula is C35H45N3O5. The third kappa shape index (κ3) is 7.06. The number of hydrogen-bond donors (Lipinski definition) is 3. The van der Waals surface area contributed by atoms with Gasteiger partial charge in [-0.1, -0.05) is 43.7 Å². The lowest BCUT2D eigenvalue weighted by Gasteiger charge is -2.29. The molecule has 4 aliphatic rings. The molecule has 8 heteroatoms. The summed E-state index contributed by atoms with van der Waals surface area (Å²) in [5.41, 5.74) is 2.03. The van der Waals surface area contributed by atoms with Crippen LogP contribution in [0.15, 0.2) is 48.5 Å². The molecule has 6 unspecified atom stereocenters. The number of hydrogen-bond acceptors (Lipinski definition) is 5. The van der Waals surface area contributed by atoms with Crippen LogP contribution in [0.5, 0.6) is 5.75 Å². The number of aliphatic hydroxyl groups excluding tert-OH is 1. The topological polar surface area (TPSA) is 108 Å². The molecule has 1 aliphatic heterocycles. The van der Waals surface area contributed by atoms with Crippen LogP contribution >= 0.6 is 0 Å². The molecule has 0 aromatic heterocycles. The van der Waals surface area contributed by atoms with E-state index in [1.807, 2.05) is 43.3 Å². The molecule has 0 spiro atoms. The van der Waals surface area contributed by atoms with E-state index in [0.29, 0.717) is 42.3 Å². The molecule has 6 rings (SSSR count). The van der Waals surface area contributed by atoms with E-state index in [9.17, 15) is 19.5 Å². The summed E-state index contributed by atoms with van der Waals surface area (Å²) in [6, 6.07) is 14.7. The van der Waals surface area contributed by atoms with Crippen molar-refractivity contribution in [2.45, 2.75) is 102 Å². The van der Waals surface area contributed by atoms with E-state index in [2.05, 4.69) is 10.6 Å². The molecule has 1 saturated heterocycles. The molecular weight excluding hydrogens is 542 g/mol. The Labute approximate surface area is 254 Å². The third-order valence-corrected chi connectivity index (χ3v) is 10.1. The number of carbonyl (C=O) groups is 3. The van der Waals surface area contributed by atoms with Gasteiger partial charge in [-0.05, 0) is 87.3 Å². The van der Waals surface area contributed by atoms with Crippen molar-refractivity contribution in [1.82, 2.24) is 10.6 Å². The van der Waals surface area contributed by atoms with Crippen molar-refractivity contribution in [2.75, 3.05) is 11.4 Å². The number of carbonyl (C=O) groups excluding carboxylic acids is 3. The van der Waals surface area contributed by atoms with Gasteiger partial charge >= 0.3 is 0 Å². The molecule has 2 bridgehead atoms. The molecule has 2 aromatic carbocycles. The maximum atomic E-state index is 13.8. The van der Waals surface area contributed by atoms with E-state index in [0.717, 1.165) is 43.6 Å². The van der Waals surface area contributed by atoms with E-state index in [4.69, 9.17) is 4.74 Å². The maximum absolute atomic E-state index is 13.8. The Morgan fingerprint density at radius 3 is 2.51 bits per heavy atom. The Morgan fingerprint density at radius 1 is 1.05 bits per heavy atom. The summed E-state index contributed by atoms with van der Waals surface area (Å²) >= 11 is 0. The van der Waals surface area contributed by atoms with Crippen LogP contribution in [0, 0.1) is 17.8 Å². The lowest BCUT2D eigenvalue weighted by Crippen LogP contribution is -2.47. The van der Waals surface area contributed by atoms with Crippen molar-refractivity contribution in [3.63, 3.8) is 0 Å². The summed E-state index contributed by atoms with van der Waals surface area (Å²) in [7, 11) is 0. The second-order valence-corrected chi connectivity index (χ2v) is 13.3. The second-order valence-electron chi connectivity index (χ2n) is 13.3. The average Bonchev–Trinajstić information content (AvgIpc) is 3.72. The molecule has 4 fully saturated rings. The van der Waals surface area contributed by atoms with E-state index in [1.165, 1.54) is 19.3 Å². The normalized spacial score (nSPS) is 25.2. The monoisotopic (exact) mass is 587 g/mol. The molecule has 3 aliphatic carbocycles. The van der Waals surface area contributed by atoms with Crippen molar-refractivity contribution in [1.29, 1.82) is 0 Å². The molecule has 3 amide bonds. The molecule has 43 heavy (non-hydrogen) atoms. The van der Waals surface area contributed by atoms with Crippen LogP contribution in [-0.4, -0.2) is 53.7 Å². The highest BCUT2D eigenvalue weighted by molar-refractivity contribution is 5.99. The number of rotatable bonds is 12. The number of benzene rings is 2. The number of nitrogens with zero attached hydrogens (tertiary/aromatic N) is 1. The molecule has 3 N–H and O–H groups in total. The van der Waals surface area contributed by atoms with E-state index in [1.54, 1.807) is 17.0 Å². The number of anilines is 1. The minimum absolute atomic E-state index is 0.0258. The van der Waals surface area contributed by atoms with E-state index >= 15 is 0 Å². The largest absolute Gasteiger partial charge is 0.490 e. The average molecular weight is 588 g/mol. The van der Waals surface area contributed by atoms with Crippen LogP contribution in [0.2, 0.25) is 0 Å². The highest BCUT2D eigenvalue weighted by Gasteiger charge is 2.40. The summed E-state index contributed by atoms with van der Waals surface area (Å²) in [5, 5.41) is 17.8. The predicted octanol–water partition coefficient (Wildman–Crippen LogP) is 4.78. The first-order valence-electron chi connectivity index (χ1n) is 16.3. The van der Waals surface area contributed by atoms with Crippen molar-refractivity contribution in [3.05, 3.63) is 59.7 Å². The standard InChI is InChI=1S/C35H45N3O5/c1-22(34(41)36-30-18-24-12-13-25(30)16-24)15-32(39)31(17-23-7-3-2-4-8-23)37-35(42)26-19-27(38-14-6-11-33(38)40)21-29(20-26)43-28-9-5-10-28/h2-4,7-8,19-22,24-25,28,30-32,39H,5-6,9-18H2,1H3,(H,36,41)(H,37,42). The van der Waals surface area contributed by atoms with Crippen LogP contribution in [0.1, 0.15) is 87.1 Å². The number of ether oxygens (including phenoxy) is 1. The van der Waals surface area contributed by atoms with Gasteiger partial charge in [-0.25, -0.2) is 0 Å². The Bertz CT molecular complexity index is 1310. The van der Waals surface area contributed by atoms with Gasteiger partial charge in [-0.15, -0.1) is 0 Å². The van der Waals surface area contributed by atoms with E-state index in [-0.39, 0.29) is 36.3 Å². The lowest BCUT2D eigenvalue weighted by atomic mass is 9.91. The SMILES string of the molecule is CC(CC(O)C(Cc1ccccc1)NC(=O)c1cc(OC2CCC2)cc(N2CCCC2=O)c1)C(=O)NC1CC2CCC1C2. The minimum atomic E-state index is -0.932. The molecule has 230 valence electrons. The van der Waals surface area contributed by atoms with Crippen LogP contribution in [-0.2, 0) is 16.0 Å². The van der Waals surface area contributed by atoms with Crippen LogP contribution in [0.25, 0.3) is 0 Å². The number of aliphatic hydroxyl groups is 1. The quantitative estimate of drug-likeness (QED) is 0.331. The highest BCUT2D eigenvalue weighted by Crippen LogP contribution is 2.44. The van der Waals surface area contributed by atoms with E-state index < -0.39 is 18.1 Å². The van der Waals surface area contributed by atoms with Crippen molar-refractivity contribution < 1.29 is 24.2 Å². The molecule has 8 nitrogen and oxygen atoms in total. The molecule has 0 radical (unpaired) electrons. The maximum Gasteiger partial charge on any atom is 0.251 e. The fourth-order valence-corrected chi connectivity index (χ4v) is 7.32. The first-order valence-corrected chi connectivity index (χ1v) is 16.3.